The largest absolute Gasteiger partial charge is 0.382 e. The van der Waals surface area contributed by atoms with Crippen LogP contribution in [0, 0.1) is 0 Å². The lowest BCUT2D eigenvalue weighted by atomic mass is 10.0. The van der Waals surface area contributed by atoms with E-state index in [0.29, 0.717) is 58.5 Å². The number of carbonyl (C=O) groups excluding carboxylic acids is 4. The maximum absolute atomic E-state index is 13.1. The first-order valence-electron chi connectivity index (χ1n) is 13.9. The number of amides is 4. The lowest BCUT2D eigenvalue weighted by Crippen LogP contribution is -2.54. The number of unbranched alkanes of at least 4 members (excludes halogenated alkanes) is 4. The molecule has 11 nitrogen and oxygen atoms in total. The van der Waals surface area contributed by atoms with Gasteiger partial charge in [0.25, 0.3) is 11.8 Å². The summed E-state index contributed by atoms with van der Waals surface area (Å²) < 4.78 is 22.1. The number of hydrogen-bond donors (Lipinski definition) is 2. The normalized spacial score (nSPS) is 17.1. The van der Waals surface area contributed by atoms with Crippen molar-refractivity contribution in [1.82, 2.24) is 10.2 Å². The van der Waals surface area contributed by atoms with Gasteiger partial charge >= 0.3 is 0 Å². The highest BCUT2D eigenvalue weighted by Gasteiger charge is 2.45. The number of imide groups is 2. The van der Waals surface area contributed by atoms with Crippen molar-refractivity contribution < 1.29 is 38.1 Å². The van der Waals surface area contributed by atoms with Gasteiger partial charge in [0.15, 0.2) is 0 Å². The lowest BCUT2D eigenvalue weighted by Gasteiger charge is -2.27. The summed E-state index contributed by atoms with van der Waals surface area (Å²) >= 11 is 0. The van der Waals surface area contributed by atoms with Crippen molar-refractivity contribution in [2.24, 2.45) is 0 Å². The number of benzene rings is 1. The van der Waals surface area contributed by atoms with Crippen molar-refractivity contribution >= 4 is 29.3 Å². The van der Waals surface area contributed by atoms with Gasteiger partial charge in [0.05, 0.1) is 57.4 Å². The number of nitrogens with zero attached hydrogens (tertiary/aromatic N) is 1. The van der Waals surface area contributed by atoms with Crippen LogP contribution in [-0.2, 0) is 28.5 Å². The van der Waals surface area contributed by atoms with Gasteiger partial charge in [-0.1, -0.05) is 38.7 Å². The lowest BCUT2D eigenvalue weighted by molar-refractivity contribution is -0.136. The van der Waals surface area contributed by atoms with Crippen molar-refractivity contribution in [2.75, 3.05) is 64.7 Å². The summed E-state index contributed by atoms with van der Waals surface area (Å²) in [5.41, 5.74) is 0.964. The molecule has 0 radical (unpaired) electrons. The van der Waals surface area contributed by atoms with E-state index in [4.69, 9.17) is 18.9 Å². The van der Waals surface area contributed by atoms with Crippen LogP contribution in [0.4, 0.5) is 5.69 Å². The van der Waals surface area contributed by atoms with Crippen LogP contribution in [0.2, 0.25) is 0 Å². The minimum absolute atomic E-state index is 0.0806. The zero-order valence-corrected chi connectivity index (χ0v) is 22.8. The number of hydrogen-bond acceptors (Lipinski definition) is 9. The maximum Gasteiger partial charge on any atom is 0.264 e. The van der Waals surface area contributed by atoms with Crippen LogP contribution in [-0.4, -0.2) is 94.0 Å². The molecule has 0 aromatic heterocycles. The first-order valence-corrected chi connectivity index (χ1v) is 13.9. The fourth-order valence-electron chi connectivity index (χ4n) is 4.49. The van der Waals surface area contributed by atoms with Crippen LogP contribution in [0.3, 0.4) is 0 Å². The molecule has 0 aliphatic carbocycles. The predicted octanol–water partition coefficient (Wildman–Crippen LogP) is 2.54. The van der Waals surface area contributed by atoms with Crippen molar-refractivity contribution in [2.45, 2.75) is 57.9 Å². The number of fused-ring (bicyclic) bond motifs is 1. The molecule has 11 heteroatoms. The SMILES string of the molecule is CCCCCCCOCCOCCOCCOCCNc1cccc2c1C(=O)N(C1CCC(=O)NC1=O)C2=O. The van der Waals surface area contributed by atoms with Crippen LogP contribution in [0.1, 0.15) is 72.6 Å². The van der Waals surface area contributed by atoms with Crippen molar-refractivity contribution in [1.29, 1.82) is 0 Å². The zero-order chi connectivity index (χ0) is 27.9. The molecule has 1 aromatic carbocycles. The van der Waals surface area contributed by atoms with E-state index in [9.17, 15) is 19.2 Å². The Morgan fingerprint density at radius 3 is 2.13 bits per heavy atom. The number of nitrogens with one attached hydrogen (secondary N) is 2. The van der Waals surface area contributed by atoms with Gasteiger partial charge in [0.1, 0.15) is 6.04 Å². The van der Waals surface area contributed by atoms with Crippen molar-refractivity contribution in [3.63, 3.8) is 0 Å². The summed E-state index contributed by atoms with van der Waals surface area (Å²) in [4.78, 5) is 50.6. The third-order valence-corrected chi connectivity index (χ3v) is 6.54. The van der Waals surface area contributed by atoms with E-state index in [0.717, 1.165) is 17.9 Å². The third kappa shape index (κ3) is 9.38. The van der Waals surface area contributed by atoms with Gasteiger partial charge in [-0.05, 0) is 25.0 Å². The monoisotopic (exact) mass is 547 g/mol. The summed E-state index contributed by atoms with van der Waals surface area (Å²) in [5, 5.41) is 5.34. The van der Waals surface area contributed by atoms with Gasteiger partial charge in [0, 0.05) is 25.3 Å². The van der Waals surface area contributed by atoms with Gasteiger partial charge in [-0.25, -0.2) is 0 Å². The van der Waals surface area contributed by atoms with E-state index in [1.165, 1.54) is 25.7 Å². The Morgan fingerprint density at radius 1 is 0.821 bits per heavy atom. The molecule has 1 aromatic rings. The van der Waals surface area contributed by atoms with E-state index in [1.54, 1.807) is 18.2 Å². The fourth-order valence-corrected chi connectivity index (χ4v) is 4.49. The summed E-state index contributed by atoms with van der Waals surface area (Å²) in [5.74, 6) is -2.11. The van der Waals surface area contributed by atoms with Gasteiger partial charge in [-0.3, -0.25) is 29.4 Å². The first kappa shape index (κ1) is 30.7. The van der Waals surface area contributed by atoms with Crippen LogP contribution >= 0.6 is 0 Å². The molecule has 2 N–H and O–H groups in total. The highest BCUT2D eigenvalue weighted by molar-refractivity contribution is 6.25. The number of carbonyl (C=O) groups is 4. The zero-order valence-electron chi connectivity index (χ0n) is 22.8. The molecule has 1 saturated heterocycles. The van der Waals surface area contributed by atoms with Crippen molar-refractivity contribution in [3.05, 3.63) is 29.3 Å². The molecule has 2 aliphatic rings. The molecule has 1 fully saturated rings. The Labute approximate surface area is 229 Å². The smallest absolute Gasteiger partial charge is 0.264 e. The molecule has 3 rings (SSSR count). The molecule has 0 saturated carbocycles. The molecule has 1 atom stereocenters. The van der Waals surface area contributed by atoms with Gasteiger partial charge in [-0.15, -0.1) is 0 Å². The highest BCUT2D eigenvalue weighted by Crippen LogP contribution is 2.32. The number of piperidine rings is 1. The molecule has 2 aliphatic heterocycles. The molecular formula is C28H41N3O8. The van der Waals surface area contributed by atoms with Gasteiger partial charge in [-0.2, -0.15) is 0 Å². The second kappa shape index (κ2) is 17.0. The summed E-state index contributed by atoms with van der Waals surface area (Å²) in [7, 11) is 0. The molecule has 0 spiro atoms. The number of ether oxygens (including phenoxy) is 4. The first-order chi connectivity index (χ1) is 19.0. The molecule has 2 heterocycles. The van der Waals surface area contributed by atoms with Crippen molar-refractivity contribution in [3.8, 4) is 0 Å². The fraction of sp³-hybridized carbons (Fsp3) is 0.643. The summed E-state index contributed by atoms with van der Waals surface area (Å²) in [6, 6.07) is 3.96. The predicted molar refractivity (Wildman–Crippen MR) is 144 cm³/mol. The van der Waals surface area contributed by atoms with E-state index in [2.05, 4.69) is 17.6 Å². The number of rotatable bonds is 20. The van der Waals surface area contributed by atoms with Crippen LogP contribution in [0.5, 0.6) is 0 Å². The Balaban J connectivity index is 1.24. The average Bonchev–Trinajstić information content (AvgIpc) is 3.18. The topological polar surface area (TPSA) is 132 Å². The number of anilines is 1. The average molecular weight is 548 g/mol. The Hall–Kier alpha value is -2.86. The second-order valence-electron chi connectivity index (χ2n) is 9.47. The van der Waals surface area contributed by atoms with Gasteiger partial charge in [0.2, 0.25) is 11.8 Å². The molecule has 39 heavy (non-hydrogen) atoms. The highest BCUT2D eigenvalue weighted by atomic mass is 16.6. The second-order valence-corrected chi connectivity index (χ2v) is 9.47. The van der Waals surface area contributed by atoms with Crippen LogP contribution in [0.25, 0.3) is 0 Å². The van der Waals surface area contributed by atoms with Gasteiger partial charge < -0.3 is 24.3 Å². The molecule has 216 valence electrons. The molecular weight excluding hydrogens is 506 g/mol. The minimum atomic E-state index is -0.991. The molecule has 0 bridgehead atoms. The third-order valence-electron chi connectivity index (χ3n) is 6.54. The molecule has 4 amide bonds. The summed E-state index contributed by atoms with van der Waals surface area (Å²) in [6.07, 6.45) is 6.35. The maximum atomic E-state index is 13.1. The van der Waals surface area contributed by atoms with E-state index in [1.807, 2.05) is 0 Å². The van der Waals surface area contributed by atoms with Crippen LogP contribution in [0.15, 0.2) is 18.2 Å². The van der Waals surface area contributed by atoms with Crippen LogP contribution < -0.4 is 10.6 Å². The Morgan fingerprint density at radius 2 is 1.46 bits per heavy atom. The molecule has 1 unspecified atom stereocenters. The Bertz CT molecular complexity index is 970. The Kier molecular flexibility index (Phi) is 13.3. The minimum Gasteiger partial charge on any atom is -0.382 e. The summed E-state index contributed by atoms with van der Waals surface area (Å²) in [6.45, 7) is 6.78. The standard InChI is InChI=1S/C28H41N3O8/c1-2-3-4-5-6-13-36-15-17-38-19-20-39-18-16-37-14-12-29-22-9-7-8-21-25(22)28(35)31(27(21)34)23-10-11-24(32)30-26(23)33/h7-9,23,29H,2-6,10-20H2,1H3,(H,30,32,33). The van der Waals surface area contributed by atoms with E-state index < -0.39 is 29.7 Å². The quantitative estimate of drug-likeness (QED) is 0.187. The van der Waals surface area contributed by atoms with E-state index in [-0.39, 0.29) is 24.0 Å². The van der Waals surface area contributed by atoms with E-state index >= 15 is 0 Å².